The van der Waals surface area contributed by atoms with Gasteiger partial charge in [-0.2, -0.15) is 0 Å². The van der Waals surface area contributed by atoms with Gasteiger partial charge in [-0.3, -0.25) is 0 Å². The van der Waals surface area contributed by atoms with Crippen molar-refractivity contribution in [1.29, 1.82) is 0 Å². The summed E-state index contributed by atoms with van der Waals surface area (Å²) in [6.07, 6.45) is 11.2. The monoisotopic (exact) mass is 142 g/mol. The first-order chi connectivity index (χ1) is 3.91. The van der Waals surface area contributed by atoms with E-state index >= 15 is 0 Å². The lowest BCUT2D eigenvalue weighted by Crippen LogP contribution is -1.72. The second-order valence-corrected chi connectivity index (χ2v) is 2.01. The molecule has 0 rings (SSSR count). The molecule has 0 spiro atoms. The van der Waals surface area contributed by atoms with Crippen molar-refractivity contribution < 1.29 is 0 Å². The smallest absolute Gasteiger partial charge is 0.00860 e. The zero-order valence-electron chi connectivity index (χ0n) is 5.61. The van der Waals surface area contributed by atoms with Crippen LogP contribution in [0.25, 0.3) is 0 Å². The lowest BCUT2D eigenvalue weighted by atomic mass is 10.2. The van der Waals surface area contributed by atoms with Gasteiger partial charge in [-0.15, -0.1) is 12.3 Å². The van der Waals surface area contributed by atoms with Gasteiger partial charge in [0.1, 0.15) is 0 Å². The fourth-order valence-electron chi connectivity index (χ4n) is 0.654. The second kappa shape index (κ2) is 10.7. The molecule has 0 aromatic rings. The van der Waals surface area contributed by atoms with E-state index < -0.39 is 0 Å². The maximum atomic E-state index is 5.06. The van der Waals surface area contributed by atoms with Crippen LogP contribution in [0.2, 0.25) is 0 Å². The fourth-order valence-corrected chi connectivity index (χ4v) is 0.654. The summed E-state index contributed by atoms with van der Waals surface area (Å²) in [5, 5.41) is 0. The Morgan fingerprint density at radius 3 is 2.33 bits per heavy atom. The molecule has 0 aliphatic rings. The molecule has 0 aromatic carbocycles. The molecule has 9 heavy (non-hydrogen) atoms. The van der Waals surface area contributed by atoms with Gasteiger partial charge in [-0.05, 0) is 17.4 Å². The first-order valence-electron chi connectivity index (χ1n) is 3.35. The lowest BCUT2D eigenvalue weighted by molar-refractivity contribution is 0.680. The highest BCUT2D eigenvalue weighted by Gasteiger charge is 1.81. The first kappa shape index (κ1) is 11.6. The summed E-state index contributed by atoms with van der Waals surface area (Å²) in [5.41, 5.74) is 0. The molecule has 0 saturated heterocycles. The molecular formula is C8H18Si. The number of hydrogen-bond acceptors (Lipinski definition) is 0. The maximum absolute atomic E-state index is 5.06. The first-order valence-corrected chi connectivity index (χ1v) is 3.35. The molecule has 54 valence electrons. The predicted octanol–water partition coefficient (Wildman–Crippen LogP) is 1.14. The van der Waals surface area contributed by atoms with Crippen molar-refractivity contribution >= 4 is 11.0 Å². The van der Waals surface area contributed by atoms with E-state index in [1.807, 2.05) is 0 Å². The largest absolute Gasteiger partial charge is 0.120 e. The third kappa shape index (κ3) is 11.4. The molecule has 0 radical (unpaired) electrons. The average molecular weight is 142 g/mol. The van der Waals surface area contributed by atoms with E-state index in [4.69, 9.17) is 6.42 Å². The number of terminal acetylenes is 1. The molecule has 0 heterocycles. The van der Waals surface area contributed by atoms with Crippen molar-refractivity contribution in [3.05, 3.63) is 0 Å². The van der Waals surface area contributed by atoms with Crippen molar-refractivity contribution in [2.24, 2.45) is 0 Å². The summed E-state index contributed by atoms with van der Waals surface area (Å²) in [5.74, 6) is 2.63. The Morgan fingerprint density at radius 1 is 1.22 bits per heavy atom. The quantitative estimate of drug-likeness (QED) is 0.314. The third-order valence-corrected chi connectivity index (χ3v) is 1.17. The molecule has 0 aliphatic heterocycles. The van der Waals surface area contributed by atoms with Crippen LogP contribution >= 0.6 is 0 Å². The van der Waals surface area contributed by atoms with Crippen molar-refractivity contribution in [3.8, 4) is 12.3 Å². The SMILES string of the molecule is C#CCCCCCC.[SiH4]. The Hall–Kier alpha value is -0.223. The Labute approximate surface area is 63.1 Å². The van der Waals surface area contributed by atoms with Crippen LogP contribution in [0.3, 0.4) is 0 Å². The van der Waals surface area contributed by atoms with Gasteiger partial charge >= 0.3 is 0 Å². The van der Waals surface area contributed by atoms with Gasteiger partial charge in [0.05, 0.1) is 0 Å². The van der Waals surface area contributed by atoms with Crippen LogP contribution in [0.15, 0.2) is 0 Å². The van der Waals surface area contributed by atoms with Gasteiger partial charge in [-0.1, -0.05) is 26.2 Å². The molecule has 0 amide bonds. The fraction of sp³-hybridized carbons (Fsp3) is 0.750. The Kier molecular flexibility index (Phi) is 13.7. The van der Waals surface area contributed by atoms with Gasteiger partial charge < -0.3 is 0 Å². The highest BCUT2D eigenvalue weighted by Crippen LogP contribution is 2.00. The topological polar surface area (TPSA) is 0 Å². The Balaban J connectivity index is 0. The van der Waals surface area contributed by atoms with Gasteiger partial charge in [0.15, 0.2) is 0 Å². The molecular weight excluding hydrogens is 124 g/mol. The van der Waals surface area contributed by atoms with Crippen LogP contribution in [0, 0.1) is 12.3 Å². The van der Waals surface area contributed by atoms with Crippen molar-refractivity contribution in [2.75, 3.05) is 0 Å². The van der Waals surface area contributed by atoms with Gasteiger partial charge in [0.25, 0.3) is 0 Å². The molecule has 0 N–H and O–H groups in total. The Bertz CT molecular complexity index is 71.1. The van der Waals surface area contributed by atoms with Crippen LogP contribution in [0.1, 0.15) is 39.0 Å². The third-order valence-electron chi connectivity index (χ3n) is 1.17. The minimum atomic E-state index is 0. The zero-order valence-corrected chi connectivity index (χ0v) is 5.61. The zero-order chi connectivity index (χ0) is 6.24. The van der Waals surface area contributed by atoms with E-state index in [-0.39, 0.29) is 11.0 Å². The minimum absolute atomic E-state index is 0. The highest BCUT2D eigenvalue weighted by molar-refractivity contribution is 5.75. The van der Waals surface area contributed by atoms with Crippen LogP contribution in [0.5, 0.6) is 0 Å². The summed E-state index contributed by atoms with van der Waals surface area (Å²) in [6, 6.07) is 0. The molecule has 0 nitrogen and oxygen atoms in total. The summed E-state index contributed by atoms with van der Waals surface area (Å²) in [6.45, 7) is 2.20. The molecule has 0 fully saturated rings. The van der Waals surface area contributed by atoms with Gasteiger partial charge in [0.2, 0.25) is 0 Å². The number of unbranched alkanes of at least 4 members (excludes halogenated alkanes) is 4. The summed E-state index contributed by atoms with van der Waals surface area (Å²) in [7, 11) is 0. The van der Waals surface area contributed by atoms with E-state index in [1.54, 1.807) is 0 Å². The molecule has 0 bridgehead atoms. The molecule has 0 atom stereocenters. The highest BCUT2D eigenvalue weighted by atomic mass is 28.1. The van der Waals surface area contributed by atoms with Crippen molar-refractivity contribution in [2.45, 2.75) is 39.0 Å². The maximum Gasteiger partial charge on any atom is 0.00860 e. The average Bonchev–Trinajstić information content (AvgIpc) is 1.81. The van der Waals surface area contributed by atoms with Crippen LogP contribution < -0.4 is 0 Å². The second-order valence-electron chi connectivity index (χ2n) is 2.01. The van der Waals surface area contributed by atoms with E-state index in [0.29, 0.717) is 0 Å². The molecule has 0 unspecified atom stereocenters. The van der Waals surface area contributed by atoms with E-state index in [0.717, 1.165) is 6.42 Å². The van der Waals surface area contributed by atoms with E-state index in [1.165, 1.54) is 25.7 Å². The van der Waals surface area contributed by atoms with E-state index in [2.05, 4.69) is 12.8 Å². The predicted molar refractivity (Wildman–Crippen MR) is 48.9 cm³/mol. The summed E-state index contributed by atoms with van der Waals surface area (Å²) < 4.78 is 0. The molecule has 0 aromatic heterocycles. The lowest BCUT2D eigenvalue weighted by Gasteiger charge is -1.90. The normalized spacial score (nSPS) is 7.56. The van der Waals surface area contributed by atoms with Crippen LogP contribution in [-0.2, 0) is 0 Å². The van der Waals surface area contributed by atoms with Gasteiger partial charge in [0, 0.05) is 6.42 Å². The van der Waals surface area contributed by atoms with E-state index in [9.17, 15) is 0 Å². The number of rotatable bonds is 4. The van der Waals surface area contributed by atoms with Gasteiger partial charge in [-0.25, -0.2) is 0 Å². The Morgan fingerprint density at radius 2 is 1.89 bits per heavy atom. The molecule has 0 aliphatic carbocycles. The molecule has 0 saturated carbocycles. The van der Waals surface area contributed by atoms with Crippen molar-refractivity contribution in [1.82, 2.24) is 0 Å². The van der Waals surface area contributed by atoms with Crippen molar-refractivity contribution in [3.63, 3.8) is 0 Å². The van der Waals surface area contributed by atoms with Crippen LogP contribution in [-0.4, -0.2) is 11.0 Å². The summed E-state index contributed by atoms with van der Waals surface area (Å²) >= 11 is 0. The standard InChI is InChI=1S/C8H14.H4Si/c1-3-5-7-8-6-4-2;/h1H,4-8H2,2H3;1H4. The van der Waals surface area contributed by atoms with Crippen LogP contribution in [0.4, 0.5) is 0 Å². The minimum Gasteiger partial charge on any atom is -0.120 e. The summed E-state index contributed by atoms with van der Waals surface area (Å²) in [4.78, 5) is 0. The molecule has 1 heteroatoms. The number of hydrogen-bond donors (Lipinski definition) is 0.